The first-order valence-corrected chi connectivity index (χ1v) is 10.2. The number of anilines is 2. The van der Waals surface area contributed by atoms with E-state index in [9.17, 15) is 9.59 Å². The highest BCUT2D eigenvalue weighted by atomic mass is 16.5. The number of nitrogens with one attached hydrogen (secondary N) is 1. The van der Waals surface area contributed by atoms with E-state index in [1.165, 1.54) is 0 Å². The maximum atomic E-state index is 12.8. The summed E-state index contributed by atoms with van der Waals surface area (Å²) in [6.07, 6.45) is 3.04. The summed E-state index contributed by atoms with van der Waals surface area (Å²) >= 11 is 0. The van der Waals surface area contributed by atoms with Crippen LogP contribution in [0.5, 0.6) is 11.5 Å². The molecule has 1 atom stereocenters. The summed E-state index contributed by atoms with van der Waals surface area (Å²) in [5.41, 5.74) is 3.19. The molecule has 7 nitrogen and oxygen atoms in total. The molecule has 1 unspecified atom stereocenters. The number of fused-ring (bicyclic) bond motifs is 3. The Kier molecular flexibility index (Phi) is 5.53. The van der Waals surface area contributed by atoms with Gasteiger partial charge in [-0.05, 0) is 49.6 Å². The minimum Gasteiger partial charge on any atom is -0.497 e. The molecule has 2 heterocycles. The van der Waals surface area contributed by atoms with E-state index in [4.69, 9.17) is 9.47 Å². The summed E-state index contributed by atoms with van der Waals surface area (Å²) in [6.45, 7) is 1.20. The molecule has 0 aromatic heterocycles. The number of nitrogens with zero attached hydrogens (tertiary/aromatic N) is 2. The Bertz CT molecular complexity index is 975. The largest absolute Gasteiger partial charge is 0.497 e. The molecule has 1 N–H and O–H groups in total. The first kappa shape index (κ1) is 20.1. The van der Waals surface area contributed by atoms with Crippen LogP contribution in [0, 0.1) is 0 Å². The van der Waals surface area contributed by atoms with Crippen LogP contribution in [-0.4, -0.2) is 45.7 Å². The molecular weight excluding hydrogens is 382 g/mol. The van der Waals surface area contributed by atoms with Gasteiger partial charge in [-0.2, -0.15) is 0 Å². The molecule has 2 amide bonds. The topological polar surface area (TPSA) is 71.1 Å². The van der Waals surface area contributed by atoms with Crippen molar-refractivity contribution in [3.05, 3.63) is 47.5 Å². The van der Waals surface area contributed by atoms with Crippen LogP contribution in [0.25, 0.3) is 0 Å². The summed E-state index contributed by atoms with van der Waals surface area (Å²) in [7, 11) is 4.97. The number of ether oxygens (including phenoxy) is 2. The van der Waals surface area contributed by atoms with Crippen LogP contribution < -0.4 is 24.6 Å². The Morgan fingerprint density at radius 1 is 1.10 bits per heavy atom. The number of hydrogen-bond donors (Lipinski definition) is 1. The number of methoxy groups -OCH3 is 2. The lowest BCUT2D eigenvalue weighted by atomic mass is 9.96. The quantitative estimate of drug-likeness (QED) is 0.822. The molecule has 2 aliphatic heterocycles. The lowest BCUT2D eigenvalue weighted by Crippen LogP contribution is -2.54. The fourth-order valence-electron chi connectivity index (χ4n) is 4.27. The lowest BCUT2D eigenvalue weighted by Gasteiger charge is -2.44. The number of piperidine rings is 1. The van der Waals surface area contributed by atoms with Crippen molar-refractivity contribution >= 4 is 23.2 Å². The van der Waals surface area contributed by atoms with Gasteiger partial charge in [-0.3, -0.25) is 9.59 Å². The van der Waals surface area contributed by atoms with Gasteiger partial charge < -0.3 is 24.6 Å². The number of rotatable bonds is 5. The Morgan fingerprint density at radius 3 is 2.70 bits per heavy atom. The Hall–Kier alpha value is -3.22. The maximum Gasteiger partial charge on any atom is 0.251 e. The van der Waals surface area contributed by atoms with Gasteiger partial charge >= 0.3 is 0 Å². The number of benzene rings is 2. The minimum absolute atomic E-state index is 0.0848. The van der Waals surface area contributed by atoms with Gasteiger partial charge in [-0.15, -0.1) is 0 Å². The normalized spacial score (nSPS) is 17.8. The zero-order valence-corrected chi connectivity index (χ0v) is 17.6. The molecule has 4 rings (SSSR count). The van der Waals surface area contributed by atoms with E-state index >= 15 is 0 Å². The van der Waals surface area contributed by atoms with E-state index in [1.54, 1.807) is 38.3 Å². The molecule has 2 aliphatic rings. The van der Waals surface area contributed by atoms with Gasteiger partial charge in [-0.1, -0.05) is 0 Å². The molecule has 2 aromatic carbocycles. The van der Waals surface area contributed by atoms with Gasteiger partial charge in [0.25, 0.3) is 5.91 Å². The number of amides is 2. The first-order valence-electron chi connectivity index (χ1n) is 10.2. The van der Waals surface area contributed by atoms with Gasteiger partial charge in [-0.25, -0.2) is 0 Å². The number of carbonyl (C=O) groups is 2. The van der Waals surface area contributed by atoms with Gasteiger partial charge in [0, 0.05) is 37.3 Å². The average molecular weight is 409 g/mol. The lowest BCUT2D eigenvalue weighted by molar-refractivity contribution is -0.120. The highest BCUT2D eigenvalue weighted by Gasteiger charge is 2.38. The molecular formula is C23H27N3O4. The van der Waals surface area contributed by atoms with E-state index in [0.29, 0.717) is 23.6 Å². The molecule has 7 heteroatoms. The van der Waals surface area contributed by atoms with Gasteiger partial charge in [0.15, 0.2) is 0 Å². The van der Waals surface area contributed by atoms with Gasteiger partial charge in [0.1, 0.15) is 17.5 Å². The van der Waals surface area contributed by atoms with E-state index < -0.39 is 0 Å². The maximum absolute atomic E-state index is 12.8. The molecule has 30 heavy (non-hydrogen) atoms. The summed E-state index contributed by atoms with van der Waals surface area (Å²) in [6, 6.07) is 11.0. The average Bonchev–Trinajstić information content (AvgIpc) is 2.80. The Labute approximate surface area is 176 Å². The van der Waals surface area contributed by atoms with Crippen LogP contribution in [0.15, 0.2) is 36.4 Å². The number of carbonyl (C=O) groups excluding carboxylic acids is 2. The second-order valence-corrected chi connectivity index (χ2v) is 7.67. The van der Waals surface area contributed by atoms with Crippen molar-refractivity contribution in [2.75, 3.05) is 37.6 Å². The van der Waals surface area contributed by atoms with Crippen molar-refractivity contribution in [1.29, 1.82) is 0 Å². The van der Waals surface area contributed by atoms with Crippen LogP contribution in [0.2, 0.25) is 0 Å². The predicted octanol–water partition coefficient (Wildman–Crippen LogP) is 2.97. The highest BCUT2D eigenvalue weighted by Crippen LogP contribution is 2.39. The Morgan fingerprint density at radius 2 is 1.93 bits per heavy atom. The van der Waals surface area contributed by atoms with Crippen molar-refractivity contribution in [3.63, 3.8) is 0 Å². The van der Waals surface area contributed by atoms with Crippen LogP contribution in [-0.2, 0) is 11.3 Å². The summed E-state index contributed by atoms with van der Waals surface area (Å²) < 4.78 is 10.6. The molecule has 2 aromatic rings. The van der Waals surface area contributed by atoms with Crippen molar-refractivity contribution in [3.8, 4) is 11.5 Å². The summed E-state index contributed by atoms with van der Waals surface area (Å²) in [5, 5.41) is 2.94. The second-order valence-electron chi connectivity index (χ2n) is 7.67. The van der Waals surface area contributed by atoms with E-state index in [-0.39, 0.29) is 17.9 Å². The van der Waals surface area contributed by atoms with Gasteiger partial charge in [0.2, 0.25) is 5.91 Å². The molecule has 158 valence electrons. The standard InChI is InChI=1S/C23H27N3O4/c1-25-20-12-15(8-10-18(20)26-11-5-4-6-19(26)23(25)28)22(27)24-14-16-7-9-17(29-2)13-21(16)30-3/h7-10,12-13,19H,4-6,11,14H2,1-3H3,(H,24,27). The third kappa shape index (κ3) is 3.56. The molecule has 0 saturated carbocycles. The fraction of sp³-hybridized carbons (Fsp3) is 0.391. The van der Waals surface area contributed by atoms with Crippen molar-refractivity contribution in [1.82, 2.24) is 5.32 Å². The molecule has 1 saturated heterocycles. The van der Waals surface area contributed by atoms with Crippen molar-refractivity contribution in [2.45, 2.75) is 31.8 Å². The smallest absolute Gasteiger partial charge is 0.251 e. The first-order chi connectivity index (χ1) is 14.5. The third-order valence-electron chi connectivity index (χ3n) is 5.96. The molecule has 0 radical (unpaired) electrons. The zero-order valence-electron chi connectivity index (χ0n) is 17.6. The summed E-state index contributed by atoms with van der Waals surface area (Å²) in [5.74, 6) is 1.25. The SMILES string of the molecule is COc1ccc(CNC(=O)c2ccc3c(c2)N(C)C(=O)C2CCCCN32)c(OC)c1. The van der Waals surface area contributed by atoms with E-state index in [2.05, 4.69) is 10.2 Å². The van der Waals surface area contributed by atoms with Crippen LogP contribution in [0.4, 0.5) is 11.4 Å². The monoisotopic (exact) mass is 409 g/mol. The van der Waals surface area contributed by atoms with Crippen LogP contribution in [0.1, 0.15) is 35.2 Å². The molecule has 0 spiro atoms. The number of hydrogen-bond acceptors (Lipinski definition) is 5. The fourth-order valence-corrected chi connectivity index (χ4v) is 4.27. The van der Waals surface area contributed by atoms with Crippen molar-refractivity contribution < 1.29 is 19.1 Å². The van der Waals surface area contributed by atoms with Gasteiger partial charge in [0.05, 0.1) is 25.6 Å². The van der Waals surface area contributed by atoms with Crippen LogP contribution in [0.3, 0.4) is 0 Å². The molecule has 0 bridgehead atoms. The Balaban J connectivity index is 1.53. The number of likely N-dealkylation sites (N-methyl/N-ethyl adjacent to an activating group) is 1. The van der Waals surface area contributed by atoms with E-state index in [1.807, 2.05) is 24.3 Å². The van der Waals surface area contributed by atoms with Crippen LogP contribution >= 0.6 is 0 Å². The minimum atomic E-state index is -0.197. The highest BCUT2D eigenvalue weighted by molar-refractivity contribution is 6.07. The molecule has 0 aliphatic carbocycles. The third-order valence-corrected chi connectivity index (χ3v) is 5.96. The predicted molar refractivity (Wildman–Crippen MR) is 116 cm³/mol. The molecule has 1 fully saturated rings. The second kappa shape index (κ2) is 8.26. The zero-order chi connectivity index (χ0) is 21.3. The summed E-state index contributed by atoms with van der Waals surface area (Å²) in [4.78, 5) is 29.5. The van der Waals surface area contributed by atoms with E-state index in [0.717, 1.165) is 42.7 Å². The van der Waals surface area contributed by atoms with Crippen molar-refractivity contribution in [2.24, 2.45) is 0 Å².